The molecule has 1 aliphatic rings. The van der Waals surface area contributed by atoms with Gasteiger partial charge in [-0.1, -0.05) is 0 Å². The first-order valence-corrected chi connectivity index (χ1v) is 7.78. The van der Waals surface area contributed by atoms with Crippen molar-refractivity contribution in [3.8, 4) is 0 Å². The highest BCUT2D eigenvalue weighted by molar-refractivity contribution is 5.99. The molecular formula is C17H17FN4O2. The largest absolute Gasteiger partial charge is 0.377 e. The van der Waals surface area contributed by atoms with Crippen molar-refractivity contribution in [1.29, 1.82) is 0 Å². The molecule has 1 saturated heterocycles. The van der Waals surface area contributed by atoms with Crippen LogP contribution in [0.1, 0.15) is 22.2 Å². The number of halogens is 1. The molecule has 1 aliphatic heterocycles. The van der Waals surface area contributed by atoms with E-state index in [4.69, 9.17) is 4.74 Å². The summed E-state index contributed by atoms with van der Waals surface area (Å²) in [4.78, 5) is 14.9. The fraction of sp³-hybridized carbons (Fsp3) is 0.294. The lowest BCUT2D eigenvalue weighted by Crippen LogP contribution is -2.44. The average Bonchev–Trinajstić information content (AvgIpc) is 3.23. The lowest BCUT2D eigenvalue weighted by atomic mass is 10.1. The van der Waals surface area contributed by atoms with Crippen molar-refractivity contribution < 1.29 is 13.9 Å². The number of aryl methyl sites for hydroxylation is 1. The molecular weight excluding hydrogens is 311 g/mol. The molecule has 0 aliphatic carbocycles. The Bertz CT molecular complexity index is 888. The molecule has 1 unspecified atom stereocenters. The standard InChI is InChI=1S/C17H17FN4O2/c1-21-14-3-2-12(18)8-11(14)9-15(21)17(23)22-6-7-24-10-16(22)13-4-5-19-20-13/h2-5,8-9,16H,6-7,10H2,1H3,(H,19,20). The predicted octanol–water partition coefficient (Wildman–Crippen LogP) is 2.25. The van der Waals surface area contributed by atoms with Gasteiger partial charge in [0, 0.05) is 30.7 Å². The fourth-order valence-corrected chi connectivity index (χ4v) is 3.23. The van der Waals surface area contributed by atoms with E-state index >= 15 is 0 Å². The lowest BCUT2D eigenvalue weighted by Gasteiger charge is -2.35. The third-order valence-electron chi connectivity index (χ3n) is 4.49. The number of nitrogens with zero attached hydrogens (tertiary/aromatic N) is 3. The Labute approximate surface area is 137 Å². The highest BCUT2D eigenvalue weighted by Crippen LogP contribution is 2.27. The Morgan fingerprint density at radius 1 is 1.38 bits per heavy atom. The summed E-state index contributed by atoms with van der Waals surface area (Å²) in [5.74, 6) is -0.411. The van der Waals surface area contributed by atoms with Gasteiger partial charge < -0.3 is 14.2 Å². The van der Waals surface area contributed by atoms with Crippen LogP contribution < -0.4 is 0 Å². The number of benzene rings is 1. The van der Waals surface area contributed by atoms with Crippen LogP contribution in [0.5, 0.6) is 0 Å². The van der Waals surface area contributed by atoms with Crippen molar-refractivity contribution in [2.45, 2.75) is 6.04 Å². The smallest absolute Gasteiger partial charge is 0.271 e. The van der Waals surface area contributed by atoms with E-state index < -0.39 is 0 Å². The Balaban J connectivity index is 1.73. The number of morpholine rings is 1. The van der Waals surface area contributed by atoms with E-state index in [1.165, 1.54) is 12.1 Å². The molecule has 1 aromatic carbocycles. The van der Waals surface area contributed by atoms with Gasteiger partial charge in [0.05, 0.1) is 24.9 Å². The molecule has 2 aromatic heterocycles. The molecule has 1 fully saturated rings. The maximum atomic E-state index is 13.4. The maximum absolute atomic E-state index is 13.4. The van der Waals surface area contributed by atoms with Crippen molar-refractivity contribution in [1.82, 2.24) is 19.7 Å². The molecule has 7 heteroatoms. The zero-order chi connectivity index (χ0) is 16.7. The van der Waals surface area contributed by atoms with E-state index in [1.807, 2.05) is 13.1 Å². The Hall–Kier alpha value is -2.67. The molecule has 0 bridgehead atoms. The summed E-state index contributed by atoms with van der Waals surface area (Å²) in [5.41, 5.74) is 2.20. The summed E-state index contributed by atoms with van der Waals surface area (Å²) in [6.07, 6.45) is 1.66. The molecule has 1 atom stereocenters. The number of aromatic nitrogens is 3. The van der Waals surface area contributed by atoms with E-state index in [1.54, 1.807) is 27.8 Å². The van der Waals surface area contributed by atoms with Crippen LogP contribution in [-0.2, 0) is 11.8 Å². The van der Waals surface area contributed by atoms with Gasteiger partial charge in [-0.05, 0) is 30.3 Å². The summed E-state index contributed by atoms with van der Waals surface area (Å²) in [7, 11) is 1.82. The van der Waals surface area contributed by atoms with E-state index in [2.05, 4.69) is 10.2 Å². The quantitative estimate of drug-likeness (QED) is 0.785. The number of ether oxygens (including phenoxy) is 1. The van der Waals surface area contributed by atoms with Gasteiger partial charge in [0.1, 0.15) is 11.5 Å². The van der Waals surface area contributed by atoms with Crippen molar-refractivity contribution >= 4 is 16.8 Å². The molecule has 0 radical (unpaired) electrons. The predicted molar refractivity (Wildman–Crippen MR) is 86.1 cm³/mol. The van der Waals surface area contributed by atoms with Gasteiger partial charge in [0.2, 0.25) is 0 Å². The zero-order valence-electron chi connectivity index (χ0n) is 13.2. The second-order valence-electron chi connectivity index (χ2n) is 5.89. The van der Waals surface area contributed by atoms with Crippen LogP contribution in [-0.4, -0.2) is 45.3 Å². The molecule has 0 spiro atoms. The van der Waals surface area contributed by atoms with Crippen LogP contribution in [0, 0.1) is 5.82 Å². The summed E-state index contributed by atoms with van der Waals surface area (Å²) in [6, 6.07) is 7.91. The first kappa shape index (κ1) is 14.9. The fourth-order valence-electron chi connectivity index (χ4n) is 3.23. The topological polar surface area (TPSA) is 63.1 Å². The molecule has 6 nitrogen and oxygen atoms in total. The molecule has 1 N–H and O–H groups in total. The van der Waals surface area contributed by atoms with Gasteiger partial charge in [-0.25, -0.2) is 4.39 Å². The van der Waals surface area contributed by atoms with Crippen LogP contribution in [0.4, 0.5) is 4.39 Å². The van der Waals surface area contributed by atoms with E-state index in [0.717, 1.165) is 11.2 Å². The Morgan fingerprint density at radius 2 is 2.25 bits per heavy atom. The minimum Gasteiger partial charge on any atom is -0.377 e. The van der Waals surface area contributed by atoms with Crippen LogP contribution in [0.25, 0.3) is 10.9 Å². The van der Waals surface area contributed by atoms with Gasteiger partial charge in [-0.3, -0.25) is 9.89 Å². The van der Waals surface area contributed by atoms with Crippen LogP contribution >= 0.6 is 0 Å². The minimum atomic E-state index is -0.311. The number of hydrogen-bond donors (Lipinski definition) is 1. The first-order chi connectivity index (χ1) is 11.6. The molecule has 24 heavy (non-hydrogen) atoms. The number of fused-ring (bicyclic) bond motifs is 1. The van der Waals surface area contributed by atoms with Gasteiger partial charge in [0.15, 0.2) is 0 Å². The summed E-state index contributed by atoms with van der Waals surface area (Å²) >= 11 is 0. The average molecular weight is 328 g/mol. The van der Waals surface area contributed by atoms with E-state index in [9.17, 15) is 9.18 Å². The number of nitrogens with one attached hydrogen (secondary N) is 1. The van der Waals surface area contributed by atoms with E-state index in [-0.39, 0.29) is 17.8 Å². The van der Waals surface area contributed by atoms with Crippen LogP contribution in [0.3, 0.4) is 0 Å². The third kappa shape index (κ3) is 2.37. The normalized spacial score (nSPS) is 18.2. The number of amides is 1. The molecule has 1 amide bonds. The highest BCUT2D eigenvalue weighted by Gasteiger charge is 2.31. The zero-order valence-corrected chi connectivity index (χ0v) is 13.2. The van der Waals surface area contributed by atoms with Crippen LogP contribution in [0.15, 0.2) is 36.5 Å². The van der Waals surface area contributed by atoms with Crippen molar-refractivity contribution in [2.75, 3.05) is 19.8 Å². The van der Waals surface area contributed by atoms with Crippen LogP contribution in [0.2, 0.25) is 0 Å². The number of carbonyl (C=O) groups is 1. The third-order valence-corrected chi connectivity index (χ3v) is 4.49. The molecule has 3 aromatic rings. The van der Waals surface area contributed by atoms with Crippen molar-refractivity contribution in [3.63, 3.8) is 0 Å². The lowest BCUT2D eigenvalue weighted by molar-refractivity contribution is -0.00437. The Kier molecular flexibility index (Phi) is 3.57. The second kappa shape index (κ2) is 5.76. The van der Waals surface area contributed by atoms with Gasteiger partial charge in [-0.15, -0.1) is 0 Å². The number of rotatable bonds is 2. The maximum Gasteiger partial charge on any atom is 0.271 e. The minimum absolute atomic E-state index is 0.1000. The summed E-state index contributed by atoms with van der Waals surface area (Å²) in [5, 5.41) is 7.59. The molecule has 3 heterocycles. The summed E-state index contributed by atoms with van der Waals surface area (Å²) in [6.45, 7) is 1.42. The Morgan fingerprint density at radius 3 is 3.04 bits per heavy atom. The van der Waals surface area contributed by atoms with Gasteiger partial charge in [-0.2, -0.15) is 5.10 Å². The highest BCUT2D eigenvalue weighted by atomic mass is 19.1. The van der Waals surface area contributed by atoms with Crippen molar-refractivity contribution in [2.24, 2.45) is 7.05 Å². The first-order valence-electron chi connectivity index (χ1n) is 7.78. The number of aromatic amines is 1. The summed E-state index contributed by atoms with van der Waals surface area (Å²) < 4.78 is 20.8. The number of H-pyrrole nitrogens is 1. The monoisotopic (exact) mass is 328 g/mol. The number of carbonyl (C=O) groups excluding carboxylic acids is 1. The second-order valence-corrected chi connectivity index (χ2v) is 5.89. The number of hydrogen-bond acceptors (Lipinski definition) is 3. The molecule has 124 valence electrons. The van der Waals surface area contributed by atoms with E-state index in [0.29, 0.717) is 30.8 Å². The molecule has 0 saturated carbocycles. The van der Waals surface area contributed by atoms with Gasteiger partial charge >= 0.3 is 0 Å². The SMILES string of the molecule is Cn1c(C(=O)N2CCOCC2c2ccn[nH]2)cc2cc(F)ccc21. The molecule has 4 rings (SSSR count). The van der Waals surface area contributed by atoms with Gasteiger partial charge in [0.25, 0.3) is 5.91 Å². The van der Waals surface area contributed by atoms with Crippen molar-refractivity contribution in [3.05, 3.63) is 53.7 Å².